The molecule has 1 atom stereocenters. The predicted molar refractivity (Wildman–Crippen MR) is 93.6 cm³/mol. The van der Waals surface area contributed by atoms with E-state index in [0.717, 1.165) is 15.8 Å². The molecule has 1 aromatic carbocycles. The van der Waals surface area contributed by atoms with Gasteiger partial charge in [0.15, 0.2) is 0 Å². The van der Waals surface area contributed by atoms with E-state index in [1.165, 1.54) is 11.2 Å². The Balaban J connectivity index is 1.62. The van der Waals surface area contributed by atoms with Gasteiger partial charge in [-0.3, -0.25) is 4.79 Å². The molecule has 0 saturated carbocycles. The first-order valence-electron chi connectivity index (χ1n) is 7.43. The van der Waals surface area contributed by atoms with Crippen LogP contribution in [0.2, 0.25) is 0 Å². The Morgan fingerprint density at radius 3 is 2.83 bits per heavy atom. The zero-order valence-electron chi connectivity index (χ0n) is 13.0. The molecule has 3 aromatic rings. The van der Waals surface area contributed by atoms with Crippen LogP contribution in [0.1, 0.15) is 23.4 Å². The highest BCUT2D eigenvalue weighted by Crippen LogP contribution is 2.27. The number of hydrogen-bond donors (Lipinski definition) is 2. The fourth-order valence-corrected chi connectivity index (χ4v) is 3.25. The summed E-state index contributed by atoms with van der Waals surface area (Å²) in [6, 6.07) is 11.9. The number of rotatable bonds is 5. The molecule has 0 aliphatic carbocycles. The zero-order valence-corrected chi connectivity index (χ0v) is 13.9. The monoisotopic (exact) mass is 326 g/mol. The molecule has 2 aromatic heterocycles. The van der Waals surface area contributed by atoms with Crippen molar-refractivity contribution >= 4 is 33.3 Å². The van der Waals surface area contributed by atoms with Gasteiger partial charge in [0.05, 0.1) is 18.0 Å². The van der Waals surface area contributed by atoms with Gasteiger partial charge in [0.1, 0.15) is 17.0 Å². The minimum atomic E-state index is -0.0694. The Bertz CT molecular complexity index is 816. The highest BCUT2D eigenvalue weighted by molar-refractivity contribution is 7.18. The fraction of sp³-hybridized carbons (Fsp3) is 0.235. The maximum atomic E-state index is 12.1. The molecule has 5 nitrogen and oxygen atoms in total. The summed E-state index contributed by atoms with van der Waals surface area (Å²) < 4.78 is 0. The van der Waals surface area contributed by atoms with Crippen LogP contribution in [0.25, 0.3) is 10.2 Å². The van der Waals surface area contributed by atoms with E-state index in [-0.39, 0.29) is 18.5 Å². The van der Waals surface area contributed by atoms with E-state index < -0.39 is 0 Å². The molecular weight excluding hydrogens is 308 g/mol. The minimum Gasteiger partial charge on any atom is -0.360 e. The molecule has 118 valence electrons. The molecule has 1 amide bonds. The molecule has 2 heterocycles. The van der Waals surface area contributed by atoms with Crippen LogP contribution >= 0.6 is 11.3 Å². The molecule has 0 aliphatic heterocycles. The van der Waals surface area contributed by atoms with Gasteiger partial charge in [0.2, 0.25) is 5.91 Å². The van der Waals surface area contributed by atoms with Gasteiger partial charge in [-0.1, -0.05) is 30.3 Å². The Labute approximate surface area is 138 Å². The van der Waals surface area contributed by atoms with Crippen molar-refractivity contribution in [2.75, 3.05) is 11.9 Å². The summed E-state index contributed by atoms with van der Waals surface area (Å²) >= 11 is 1.62. The number of nitrogens with zero attached hydrogens (tertiary/aromatic N) is 2. The standard InChI is InChI=1S/C17H18N4OS/c1-11-8-14-16(19-10-20-17(14)23-11)18-9-15(22)21-12(2)13-6-4-3-5-7-13/h3-8,10,12H,9H2,1-2H3,(H,21,22)(H,18,19,20). The van der Waals surface area contributed by atoms with Crippen LogP contribution in [-0.2, 0) is 4.79 Å². The minimum absolute atomic E-state index is 0.0284. The molecule has 0 aliphatic rings. The Hall–Kier alpha value is -2.47. The number of anilines is 1. The molecule has 0 fully saturated rings. The lowest BCUT2D eigenvalue weighted by atomic mass is 10.1. The molecule has 0 saturated heterocycles. The number of aryl methyl sites for hydroxylation is 1. The van der Waals surface area contributed by atoms with Crippen LogP contribution in [0.3, 0.4) is 0 Å². The zero-order chi connectivity index (χ0) is 16.2. The SMILES string of the molecule is Cc1cc2c(NCC(=O)NC(C)c3ccccc3)ncnc2s1. The summed E-state index contributed by atoms with van der Waals surface area (Å²) in [7, 11) is 0. The normalized spacial score (nSPS) is 12.1. The van der Waals surface area contributed by atoms with Crippen molar-refractivity contribution in [2.45, 2.75) is 19.9 Å². The van der Waals surface area contributed by atoms with E-state index in [0.29, 0.717) is 5.82 Å². The lowest BCUT2D eigenvalue weighted by molar-refractivity contribution is -0.120. The van der Waals surface area contributed by atoms with Crippen LogP contribution in [0.5, 0.6) is 0 Å². The number of hydrogen-bond acceptors (Lipinski definition) is 5. The Kier molecular flexibility index (Phi) is 4.52. The maximum Gasteiger partial charge on any atom is 0.239 e. The Morgan fingerprint density at radius 2 is 2.04 bits per heavy atom. The van der Waals surface area contributed by atoms with E-state index in [9.17, 15) is 4.79 Å². The molecule has 2 N–H and O–H groups in total. The number of carbonyl (C=O) groups excluding carboxylic acids is 1. The maximum absolute atomic E-state index is 12.1. The van der Waals surface area contributed by atoms with Crippen LogP contribution in [0.4, 0.5) is 5.82 Å². The second-order valence-electron chi connectivity index (χ2n) is 5.35. The number of amides is 1. The van der Waals surface area contributed by atoms with Gasteiger partial charge in [0.25, 0.3) is 0 Å². The van der Waals surface area contributed by atoms with Crippen molar-refractivity contribution in [3.05, 3.63) is 53.2 Å². The first-order chi connectivity index (χ1) is 11.1. The third-order valence-electron chi connectivity index (χ3n) is 3.55. The first kappa shape index (κ1) is 15.4. The topological polar surface area (TPSA) is 66.9 Å². The number of fused-ring (bicyclic) bond motifs is 1. The second-order valence-corrected chi connectivity index (χ2v) is 6.59. The van der Waals surface area contributed by atoms with Gasteiger partial charge in [-0.05, 0) is 25.5 Å². The number of aromatic nitrogens is 2. The van der Waals surface area contributed by atoms with Crippen molar-refractivity contribution in [3.8, 4) is 0 Å². The summed E-state index contributed by atoms with van der Waals surface area (Å²) in [5.41, 5.74) is 1.08. The first-order valence-corrected chi connectivity index (χ1v) is 8.24. The number of benzene rings is 1. The molecular formula is C17H18N4OS. The number of carbonyl (C=O) groups is 1. The van der Waals surface area contributed by atoms with Crippen molar-refractivity contribution in [3.63, 3.8) is 0 Å². The van der Waals surface area contributed by atoms with Gasteiger partial charge in [-0.25, -0.2) is 9.97 Å². The van der Waals surface area contributed by atoms with Gasteiger partial charge < -0.3 is 10.6 Å². The lowest BCUT2D eigenvalue weighted by Gasteiger charge is -2.14. The van der Waals surface area contributed by atoms with Gasteiger partial charge >= 0.3 is 0 Å². The van der Waals surface area contributed by atoms with E-state index in [1.54, 1.807) is 11.3 Å². The van der Waals surface area contributed by atoms with Crippen molar-refractivity contribution in [1.82, 2.24) is 15.3 Å². The smallest absolute Gasteiger partial charge is 0.239 e. The molecule has 1 unspecified atom stereocenters. The largest absolute Gasteiger partial charge is 0.360 e. The van der Waals surface area contributed by atoms with Crippen LogP contribution in [0.15, 0.2) is 42.7 Å². The van der Waals surface area contributed by atoms with Gasteiger partial charge in [-0.15, -0.1) is 11.3 Å². The van der Waals surface area contributed by atoms with Gasteiger partial charge in [0, 0.05) is 4.88 Å². The third-order valence-corrected chi connectivity index (χ3v) is 4.50. The van der Waals surface area contributed by atoms with Crippen LogP contribution in [0, 0.1) is 6.92 Å². The summed E-state index contributed by atoms with van der Waals surface area (Å²) in [4.78, 5) is 22.7. The highest BCUT2D eigenvalue weighted by atomic mass is 32.1. The predicted octanol–water partition coefficient (Wildman–Crippen LogP) is 3.29. The molecule has 0 bridgehead atoms. The van der Waals surface area contributed by atoms with Crippen LogP contribution < -0.4 is 10.6 Å². The van der Waals surface area contributed by atoms with E-state index in [2.05, 4.69) is 20.6 Å². The quantitative estimate of drug-likeness (QED) is 0.755. The fourth-order valence-electron chi connectivity index (χ4n) is 2.40. The second kappa shape index (κ2) is 6.75. The number of nitrogens with one attached hydrogen (secondary N) is 2. The van der Waals surface area contributed by atoms with Crippen molar-refractivity contribution < 1.29 is 4.79 Å². The van der Waals surface area contributed by atoms with E-state index in [1.807, 2.05) is 50.2 Å². The molecule has 3 rings (SSSR count). The average molecular weight is 326 g/mol. The average Bonchev–Trinajstić information content (AvgIpc) is 2.94. The highest BCUT2D eigenvalue weighted by Gasteiger charge is 2.11. The lowest BCUT2D eigenvalue weighted by Crippen LogP contribution is -2.32. The summed E-state index contributed by atoms with van der Waals surface area (Å²) in [5, 5.41) is 7.04. The molecule has 23 heavy (non-hydrogen) atoms. The van der Waals surface area contributed by atoms with Crippen molar-refractivity contribution in [1.29, 1.82) is 0 Å². The van der Waals surface area contributed by atoms with Crippen molar-refractivity contribution in [2.24, 2.45) is 0 Å². The molecule has 0 spiro atoms. The van der Waals surface area contributed by atoms with Gasteiger partial charge in [-0.2, -0.15) is 0 Å². The summed E-state index contributed by atoms with van der Waals surface area (Å²) in [6.07, 6.45) is 1.52. The third kappa shape index (κ3) is 3.65. The Morgan fingerprint density at radius 1 is 1.26 bits per heavy atom. The molecule has 6 heteroatoms. The summed E-state index contributed by atoms with van der Waals surface area (Å²) in [5.74, 6) is 0.627. The van der Waals surface area contributed by atoms with E-state index in [4.69, 9.17) is 0 Å². The van der Waals surface area contributed by atoms with Crippen LogP contribution in [-0.4, -0.2) is 22.4 Å². The summed E-state index contributed by atoms with van der Waals surface area (Å²) in [6.45, 7) is 4.18. The number of thiophene rings is 1. The van der Waals surface area contributed by atoms with E-state index >= 15 is 0 Å². The molecule has 0 radical (unpaired) electrons.